The van der Waals surface area contributed by atoms with E-state index in [0.29, 0.717) is 11.8 Å². The van der Waals surface area contributed by atoms with Crippen LogP contribution in [0.3, 0.4) is 0 Å². The summed E-state index contributed by atoms with van der Waals surface area (Å²) in [6.45, 7) is 7.77. The van der Waals surface area contributed by atoms with E-state index >= 15 is 0 Å². The Bertz CT molecular complexity index is 750. The summed E-state index contributed by atoms with van der Waals surface area (Å²) in [4.78, 5) is 23.2. The molecule has 1 aliphatic heterocycles. The topological polar surface area (TPSA) is 67.3 Å². The third-order valence-electron chi connectivity index (χ3n) is 4.06. The zero-order chi connectivity index (χ0) is 17.8. The summed E-state index contributed by atoms with van der Waals surface area (Å²) < 4.78 is 5.59. The number of hydrogen-bond donors (Lipinski definition) is 1. The maximum atomic E-state index is 12.1. The summed E-state index contributed by atoms with van der Waals surface area (Å²) in [6, 6.07) is 7.69. The summed E-state index contributed by atoms with van der Waals surface area (Å²) in [5.74, 6) is 0.913. The highest BCUT2D eigenvalue weighted by Gasteiger charge is 2.16. The van der Waals surface area contributed by atoms with Crippen LogP contribution in [0, 0.1) is 20.8 Å². The van der Waals surface area contributed by atoms with E-state index < -0.39 is 0 Å². The van der Waals surface area contributed by atoms with Gasteiger partial charge in [0.05, 0.1) is 0 Å². The fraction of sp³-hybridized carbons (Fsp3) is 0.421. The van der Waals surface area contributed by atoms with Crippen LogP contribution < -0.4 is 15.0 Å². The van der Waals surface area contributed by atoms with E-state index in [9.17, 15) is 4.79 Å². The number of nitrogens with zero attached hydrogens (tertiary/aromatic N) is 3. The molecule has 6 nitrogen and oxygen atoms in total. The highest BCUT2D eigenvalue weighted by atomic mass is 16.5. The predicted octanol–water partition coefficient (Wildman–Crippen LogP) is 3.02. The number of anilines is 2. The third-order valence-corrected chi connectivity index (χ3v) is 4.06. The van der Waals surface area contributed by atoms with E-state index in [2.05, 4.69) is 26.3 Å². The number of carbonyl (C=O) groups excluding carboxylic acids is 1. The average molecular weight is 340 g/mol. The van der Waals surface area contributed by atoms with Crippen molar-refractivity contribution in [1.29, 1.82) is 0 Å². The van der Waals surface area contributed by atoms with Crippen LogP contribution in [-0.4, -0.2) is 35.6 Å². The van der Waals surface area contributed by atoms with Crippen molar-refractivity contribution < 1.29 is 9.53 Å². The van der Waals surface area contributed by atoms with Crippen LogP contribution in [0.2, 0.25) is 0 Å². The Morgan fingerprint density at radius 2 is 1.76 bits per heavy atom. The number of aromatic nitrogens is 2. The molecule has 0 saturated carbocycles. The molecule has 0 atom stereocenters. The van der Waals surface area contributed by atoms with E-state index in [1.54, 1.807) is 6.07 Å². The van der Waals surface area contributed by atoms with Crippen molar-refractivity contribution in [3.05, 3.63) is 41.1 Å². The molecule has 1 N–H and O–H groups in total. The lowest BCUT2D eigenvalue weighted by Crippen LogP contribution is -2.23. The third kappa shape index (κ3) is 4.68. The van der Waals surface area contributed by atoms with Gasteiger partial charge in [0.15, 0.2) is 6.61 Å². The first kappa shape index (κ1) is 17.2. The summed E-state index contributed by atoms with van der Waals surface area (Å²) in [6.07, 6.45) is 2.32. The molecule has 1 saturated heterocycles. The standard InChI is InChI=1S/C19H24N4O2/c1-13-8-14(2)10-16(9-13)21-17(24)12-25-18-11-15(3)20-19(22-18)23-6-4-5-7-23/h8-11H,4-7,12H2,1-3H3,(H,21,24). The number of nitrogens with one attached hydrogen (secondary N) is 1. The molecule has 0 spiro atoms. The van der Waals surface area contributed by atoms with Gasteiger partial charge in [-0.05, 0) is 56.9 Å². The highest BCUT2D eigenvalue weighted by molar-refractivity contribution is 5.92. The Kier molecular flexibility index (Phi) is 5.16. The summed E-state index contributed by atoms with van der Waals surface area (Å²) in [5.41, 5.74) is 3.83. The zero-order valence-corrected chi connectivity index (χ0v) is 15.0. The maximum Gasteiger partial charge on any atom is 0.262 e. The molecule has 0 aliphatic carbocycles. The van der Waals surface area contributed by atoms with Crippen LogP contribution in [0.1, 0.15) is 29.7 Å². The largest absolute Gasteiger partial charge is 0.467 e. The lowest BCUT2D eigenvalue weighted by Gasteiger charge is -2.16. The summed E-state index contributed by atoms with van der Waals surface area (Å²) in [7, 11) is 0. The van der Waals surface area contributed by atoms with Gasteiger partial charge in [0.2, 0.25) is 11.8 Å². The fourth-order valence-electron chi connectivity index (χ4n) is 3.04. The quantitative estimate of drug-likeness (QED) is 0.906. The average Bonchev–Trinajstić information content (AvgIpc) is 3.06. The Balaban J connectivity index is 1.61. The van der Waals surface area contributed by atoms with Crippen molar-refractivity contribution in [2.75, 3.05) is 29.9 Å². The van der Waals surface area contributed by atoms with Crippen molar-refractivity contribution in [3.8, 4) is 5.88 Å². The normalized spacial score (nSPS) is 13.8. The van der Waals surface area contributed by atoms with E-state index in [-0.39, 0.29) is 12.5 Å². The number of rotatable bonds is 5. The SMILES string of the molecule is Cc1cc(C)cc(NC(=O)COc2cc(C)nc(N3CCCC3)n2)c1. The number of carbonyl (C=O) groups is 1. The Morgan fingerprint density at radius 1 is 1.08 bits per heavy atom. The first-order valence-corrected chi connectivity index (χ1v) is 8.61. The second-order valence-corrected chi connectivity index (χ2v) is 6.55. The van der Waals surface area contributed by atoms with E-state index in [1.165, 1.54) is 0 Å². The monoisotopic (exact) mass is 340 g/mol. The molecular formula is C19H24N4O2. The van der Waals surface area contributed by atoms with Gasteiger partial charge in [0.1, 0.15) is 0 Å². The Hall–Kier alpha value is -2.63. The van der Waals surface area contributed by atoms with Gasteiger partial charge < -0.3 is 15.0 Å². The Labute approximate surface area is 148 Å². The van der Waals surface area contributed by atoms with Crippen LogP contribution in [0.4, 0.5) is 11.6 Å². The molecule has 1 fully saturated rings. The van der Waals surface area contributed by atoms with Crippen molar-refractivity contribution in [2.45, 2.75) is 33.6 Å². The van der Waals surface area contributed by atoms with Gasteiger partial charge in [-0.2, -0.15) is 4.98 Å². The second-order valence-electron chi connectivity index (χ2n) is 6.55. The molecule has 0 bridgehead atoms. The molecular weight excluding hydrogens is 316 g/mol. The van der Waals surface area contributed by atoms with Gasteiger partial charge >= 0.3 is 0 Å². The van der Waals surface area contributed by atoms with Crippen LogP contribution in [0.5, 0.6) is 5.88 Å². The molecule has 0 unspecified atom stereocenters. The lowest BCUT2D eigenvalue weighted by atomic mass is 10.1. The summed E-state index contributed by atoms with van der Waals surface area (Å²) >= 11 is 0. The van der Waals surface area contributed by atoms with E-state index in [4.69, 9.17) is 4.74 Å². The minimum Gasteiger partial charge on any atom is -0.467 e. The van der Waals surface area contributed by atoms with E-state index in [0.717, 1.165) is 48.4 Å². The first-order valence-electron chi connectivity index (χ1n) is 8.61. The minimum absolute atomic E-state index is 0.0805. The molecule has 2 aromatic rings. The molecule has 1 aromatic carbocycles. The minimum atomic E-state index is -0.205. The number of benzene rings is 1. The second kappa shape index (κ2) is 7.51. The molecule has 2 heterocycles. The lowest BCUT2D eigenvalue weighted by molar-refractivity contribution is -0.118. The molecule has 1 amide bonds. The zero-order valence-electron chi connectivity index (χ0n) is 15.0. The van der Waals surface area contributed by atoms with Crippen molar-refractivity contribution >= 4 is 17.5 Å². The van der Waals surface area contributed by atoms with E-state index in [1.807, 2.05) is 32.9 Å². The van der Waals surface area contributed by atoms with Gasteiger partial charge in [-0.25, -0.2) is 4.98 Å². The van der Waals surface area contributed by atoms with Crippen LogP contribution in [0.15, 0.2) is 24.3 Å². The van der Waals surface area contributed by atoms with Crippen LogP contribution in [0.25, 0.3) is 0 Å². The van der Waals surface area contributed by atoms with Gasteiger partial charge in [-0.15, -0.1) is 0 Å². The van der Waals surface area contributed by atoms with Gasteiger partial charge in [-0.3, -0.25) is 4.79 Å². The van der Waals surface area contributed by atoms with Crippen molar-refractivity contribution in [2.24, 2.45) is 0 Å². The molecule has 132 valence electrons. The van der Waals surface area contributed by atoms with Crippen molar-refractivity contribution in [3.63, 3.8) is 0 Å². The van der Waals surface area contributed by atoms with Gasteiger partial charge in [0, 0.05) is 30.5 Å². The van der Waals surface area contributed by atoms with Gasteiger partial charge in [0.25, 0.3) is 5.91 Å². The highest BCUT2D eigenvalue weighted by Crippen LogP contribution is 2.20. The molecule has 25 heavy (non-hydrogen) atoms. The van der Waals surface area contributed by atoms with Crippen LogP contribution in [-0.2, 0) is 4.79 Å². The number of ether oxygens (including phenoxy) is 1. The number of aryl methyl sites for hydroxylation is 3. The number of hydrogen-bond acceptors (Lipinski definition) is 5. The smallest absolute Gasteiger partial charge is 0.262 e. The maximum absolute atomic E-state index is 12.1. The molecule has 6 heteroatoms. The molecule has 1 aliphatic rings. The number of amides is 1. The molecule has 0 radical (unpaired) electrons. The molecule has 3 rings (SSSR count). The molecule has 1 aromatic heterocycles. The Morgan fingerprint density at radius 3 is 2.44 bits per heavy atom. The van der Waals surface area contributed by atoms with Gasteiger partial charge in [-0.1, -0.05) is 6.07 Å². The first-order chi connectivity index (χ1) is 12.0. The predicted molar refractivity (Wildman–Crippen MR) is 98.3 cm³/mol. The fourth-order valence-corrected chi connectivity index (χ4v) is 3.04. The van der Waals surface area contributed by atoms with Crippen molar-refractivity contribution in [1.82, 2.24) is 9.97 Å². The van der Waals surface area contributed by atoms with Crippen LogP contribution >= 0.6 is 0 Å². The summed E-state index contributed by atoms with van der Waals surface area (Å²) in [5, 5.41) is 2.86.